The van der Waals surface area contributed by atoms with Crippen molar-refractivity contribution in [2.24, 2.45) is 0 Å². The van der Waals surface area contributed by atoms with Gasteiger partial charge in [-0.05, 0) is 52.8 Å². The number of rotatable bonds is 3. The molecule has 0 spiro atoms. The van der Waals surface area contributed by atoms with E-state index >= 15 is 0 Å². The van der Waals surface area contributed by atoms with Crippen molar-refractivity contribution in [3.63, 3.8) is 0 Å². The highest BCUT2D eigenvalue weighted by Crippen LogP contribution is 2.22. The summed E-state index contributed by atoms with van der Waals surface area (Å²) in [6.45, 7) is 1.73. The summed E-state index contributed by atoms with van der Waals surface area (Å²) in [7, 11) is 1.46. The molecule has 0 aliphatic rings. The molecule has 16 heavy (non-hydrogen) atoms. The van der Waals surface area contributed by atoms with Crippen molar-refractivity contribution < 1.29 is 18.3 Å². The lowest BCUT2D eigenvalue weighted by Gasteiger charge is -2.07. The smallest absolute Gasteiger partial charge is 0.335 e. The standard InChI is InChI=1S/C9H8ClIO4S/c1-5-7(4-16(10,14)15)2-6(9(12)13)3-8(5)11/h2-3H,4H2,1H3,(H,12,13). The monoisotopic (exact) mass is 374 g/mol. The first-order valence-corrected chi connectivity index (χ1v) is 7.71. The van der Waals surface area contributed by atoms with Crippen molar-refractivity contribution in [3.8, 4) is 0 Å². The summed E-state index contributed by atoms with van der Waals surface area (Å²) >= 11 is 1.96. The molecule has 0 amide bonds. The van der Waals surface area contributed by atoms with Crippen LogP contribution in [-0.4, -0.2) is 19.5 Å². The van der Waals surface area contributed by atoms with E-state index in [1.807, 2.05) is 22.6 Å². The number of carbonyl (C=O) groups is 1. The van der Waals surface area contributed by atoms with Crippen molar-refractivity contribution in [1.29, 1.82) is 0 Å². The van der Waals surface area contributed by atoms with E-state index < -0.39 is 15.0 Å². The zero-order valence-electron chi connectivity index (χ0n) is 8.20. The quantitative estimate of drug-likeness (QED) is 0.651. The minimum Gasteiger partial charge on any atom is -0.478 e. The van der Waals surface area contributed by atoms with Gasteiger partial charge in [0.15, 0.2) is 0 Å². The molecule has 0 atom stereocenters. The fourth-order valence-electron chi connectivity index (χ4n) is 1.19. The van der Waals surface area contributed by atoms with E-state index in [9.17, 15) is 13.2 Å². The Balaban J connectivity index is 3.33. The van der Waals surface area contributed by atoms with E-state index in [2.05, 4.69) is 0 Å². The Labute approximate surface area is 111 Å². The second kappa shape index (κ2) is 4.89. The first-order valence-electron chi connectivity index (χ1n) is 4.15. The van der Waals surface area contributed by atoms with Gasteiger partial charge in [-0.15, -0.1) is 0 Å². The first-order chi connectivity index (χ1) is 7.20. The highest BCUT2D eigenvalue weighted by Gasteiger charge is 2.14. The number of hydrogen-bond acceptors (Lipinski definition) is 3. The molecule has 0 aliphatic heterocycles. The molecule has 1 aromatic rings. The van der Waals surface area contributed by atoms with Gasteiger partial charge in [-0.25, -0.2) is 13.2 Å². The predicted octanol–water partition coefficient (Wildman–Crippen LogP) is 2.37. The van der Waals surface area contributed by atoms with Crippen LogP contribution in [0.25, 0.3) is 0 Å². The predicted molar refractivity (Wildman–Crippen MR) is 69.3 cm³/mol. The summed E-state index contributed by atoms with van der Waals surface area (Å²) < 4.78 is 22.6. The minimum atomic E-state index is -3.68. The van der Waals surface area contributed by atoms with Crippen LogP contribution >= 0.6 is 33.3 Å². The van der Waals surface area contributed by atoms with Crippen molar-refractivity contribution in [2.75, 3.05) is 0 Å². The molecular formula is C9H8ClIO4S. The summed E-state index contributed by atoms with van der Waals surface area (Å²) in [5.74, 6) is -1.46. The van der Waals surface area contributed by atoms with Crippen LogP contribution in [0.4, 0.5) is 0 Å². The molecule has 1 rings (SSSR count). The maximum Gasteiger partial charge on any atom is 0.335 e. The third kappa shape index (κ3) is 3.60. The molecule has 0 radical (unpaired) electrons. The van der Waals surface area contributed by atoms with Crippen molar-refractivity contribution in [3.05, 3.63) is 32.4 Å². The highest BCUT2D eigenvalue weighted by atomic mass is 127. The third-order valence-corrected chi connectivity index (χ3v) is 4.13. The fourth-order valence-corrected chi connectivity index (χ4v) is 2.90. The number of aromatic carboxylic acids is 1. The summed E-state index contributed by atoms with van der Waals surface area (Å²) in [6, 6.07) is 2.82. The van der Waals surface area contributed by atoms with Crippen LogP contribution in [0.5, 0.6) is 0 Å². The van der Waals surface area contributed by atoms with E-state index in [4.69, 9.17) is 15.8 Å². The van der Waals surface area contributed by atoms with Gasteiger partial charge in [-0.1, -0.05) is 0 Å². The molecule has 0 bridgehead atoms. The molecule has 7 heteroatoms. The second-order valence-corrected chi connectivity index (χ2v) is 7.17. The van der Waals surface area contributed by atoms with Crippen molar-refractivity contribution >= 4 is 48.3 Å². The van der Waals surface area contributed by atoms with Crippen LogP contribution < -0.4 is 0 Å². The Hall–Kier alpha value is -0.340. The van der Waals surface area contributed by atoms with Gasteiger partial charge >= 0.3 is 5.97 Å². The van der Waals surface area contributed by atoms with Crippen LogP contribution in [0.2, 0.25) is 0 Å². The lowest BCUT2D eigenvalue weighted by Crippen LogP contribution is -2.04. The molecule has 0 aliphatic carbocycles. The van der Waals surface area contributed by atoms with E-state index in [-0.39, 0.29) is 11.3 Å². The molecule has 4 nitrogen and oxygen atoms in total. The lowest BCUT2D eigenvalue weighted by atomic mass is 10.1. The highest BCUT2D eigenvalue weighted by molar-refractivity contribution is 14.1. The van der Waals surface area contributed by atoms with Gasteiger partial charge in [0.2, 0.25) is 9.05 Å². The molecule has 1 N–H and O–H groups in total. The Morgan fingerprint density at radius 2 is 2.06 bits per heavy atom. The van der Waals surface area contributed by atoms with Crippen LogP contribution in [-0.2, 0) is 14.8 Å². The average Bonchev–Trinajstić information content (AvgIpc) is 2.10. The Bertz CT molecular complexity index is 539. The Kier molecular flexibility index (Phi) is 4.19. The van der Waals surface area contributed by atoms with E-state index in [1.165, 1.54) is 12.1 Å². The maximum atomic E-state index is 11.0. The Morgan fingerprint density at radius 1 is 1.50 bits per heavy atom. The topological polar surface area (TPSA) is 71.4 Å². The van der Waals surface area contributed by atoms with Gasteiger partial charge in [-0.2, -0.15) is 0 Å². The molecule has 88 valence electrons. The summed E-state index contributed by atoms with van der Waals surface area (Å²) in [6.07, 6.45) is 0. The minimum absolute atomic E-state index is 0.0605. The normalized spacial score (nSPS) is 11.4. The molecule has 0 heterocycles. The zero-order chi connectivity index (χ0) is 12.5. The third-order valence-electron chi connectivity index (χ3n) is 2.03. The zero-order valence-corrected chi connectivity index (χ0v) is 11.9. The average molecular weight is 375 g/mol. The molecule has 0 fully saturated rings. The number of benzene rings is 1. The van der Waals surface area contributed by atoms with Gasteiger partial charge in [0.1, 0.15) is 0 Å². The van der Waals surface area contributed by atoms with E-state index in [0.29, 0.717) is 9.13 Å². The SMILES string of the molecule is Cc1c(I)cc(C(=O)O)cc1CS(=O)(=O)Cl. The first kappa shape index (κ1) is 13.7. The molecule has 0 saturated heterocycles. The number of carboxylic acids is 1. The van der Waals surface area contributed by atoms with E-state index in [1.54, 1.807) is 6.92 Å². The van der Waals surface area contributed by atoms with E-state index in [0.717, 1.165) is 5.56 Å². The van der Waals surface area contributed by atoms with Gasteiger partial charge in [0.25, 0.3) is 0 Å². The van der Waals surface area contributed by atoms with Crippen molar-refractivity contribution in [1.82, 2.24) is 0 Å². The maximum absolute atomic E-state index is 11.0. The fraction of sp³-hybridized carbons (Fsp3) is 0.222. The van der Waals surface area contributed by atoms with Crippen LogP contribution in [0.1, 0.15) is 21.5 Å². The van der Waals surface area contributed by atoms with Gasteiger partial charge < -0.3 is 5.11 Å². The van der Waals surface area contributed by atoms with Crippen LogP contribution in [0, 0.1) is 10.5 Å². The van der Waals surface area contributed by atoms with Gasteiger partial charge in [0.05, 0.1) is 11.3 Å². The molecular weight excluding hydrogens is 367 g/mol. The van der Waals surface area contributed by atoms with Gasteiger partial charge in [0, 0.05) is 14.3 Å². The summed E-state index contributed by atoms with van der Waals surface area (Å²) in [5.41, 5.74) is 1.21. The summed E-state index contributed by atoms with van der Waals surface area (Å²) in [5, 5.41) is 8.84. The number of halogens is 2. The number of carboxylic acid groups (broad SMARTS) is 1. The van der Waals surface area contributed by atoms with Crippen molar-refractivity contribution in [2.45, 2.75) is 12.7 Å². The second-order valence-electron chi connectivity index (χ2n) is 3.23. The molecule has 0 aromatic heterocycles. The lowest BCUT2D eigenvalue weighted by molar-refractivity contribution is 0.0696. The molecule has 1 aromatic carbocycles. The van der Waals surface area contributed by atoms with Gasteiger partial charge in [-0.3, -0.25) is 0 Å². The number of hydrogen-bond donors (Lipinski definition) is 1. The summed E-state index contributed by atoms with van der Waals surface area (Å²) in [4.78, 5) is 10.8. The van der Waals surface area contributed by atoms with Crippen LogP contribution in [0.15, 0.2) is 12.1 Å². The largest absolute Gasteiger partial charge is 0.478 e. The Morgan fingerprint density at radius 3 is 2.50 bits per heavy atom. The van der Waals surface area contributed by atoms with Crippen LogP contribution in [0.3, 0.4) is 0 Å². The molecule has 0 saturated carbocycles. The molecule has 0 unspecified atom stereocenters.